The van der Waals surface area contributed by atoms with Crippen LogP contribution in [0.15, 0.2) is 54.1 Å². The van der Waals surface area contributed by atoms with Crippen molar-refractivity contribution in [3.05, 3.63) is 76.8 Å². The van der Waals surface area contributed by atoms with Crippen LogP contribution in [0.4, 0.5) is 18.7 Å². The van der Waals surface area contributed by atoms with E-state index >= 15 is 0 Å². The highest BCUT2D eigenvalue weighted by atomic mass is 32.2. The molecule has 0 spiro atoms. The van der Waals surface area contributed by atoms with Crippen LogP contribution in [0.25, 0.3) is 11.4 Å². The zero-order valence-corrected chi connectivity index (χ0v) is 31.9. The Hall–Kier alpha value is -4.97. The largest absolute Gasteiger partial charge is 0.444 e. The minimum Gasteiger partial charge on any atom is -0.444 e. The molecule has 5 atom stereocenters. The van der Waals surface area contributed by atoms with Gasteiger partial charge in [-0.25, -0.2) is 27.0 Å². The molecule has 14 nitrogen and oxygen atoms in total. The summed E-state index contributed by atoms with van der Waals surface area (Å²) in [4.78, 5) is 67.5. The van der Waals surface area contributed by atoms with Crippen molar-refractivity contribution in [3.63, 3.8) is 0 Å². The van der Waals surface area contributed by atoms with Gasteiger partial charge in [-0.2, -0.15) is 0 Å². The molecule has 3 fully saturated rings. The van der Waals surface area contributed by atoms with Gasteiger partial charge in [0.15, 0.2) is 5.13 Å². The molecule has 296 valence electrons. The van der Waals surface area contributed by atoms with Crippen LogP contribution in [0, 0.1) is 17.6 Å². The molecule has 0 bridgehead atoms. The standard InChI is InChI=1S/C38H41F2N7O7S2/c39-24-11-14-29(41-17-24)31-21-55-36(43-31)42-30-10-5-3-1-2-4-8-23-16-38(23,35(50)45-56(52,53)26-12-13-26)44-33(48)32-15-25(19-47(32)34(30)49)54-37(51)46-18-22-7-6-9-28(40)27(22)20-46/h4,6-9,11,14,17,21,23,25-26,30,32H,1-3,5,10,12-13,15-16,18-20H2,(H,42,43)(H,44,48)(H,45,50)/b8-4-/t23-,25+,30-,32-,38+/m0/s1. The van der Waals surface area contributed by atoms with Gasteiger partial charge in [0.1, 0.15) is 41.1 Å². The first kappa shape index (κ1) is 37.9. The molecule has 4 amide bonds. The zero-order chi connectivity index (χ0) is 39.2. The van der Waals surface area contributed by atoms with Crippen molar-refractivity contribution in [1.82, 2.24) is 29.8 Å². The number of hydrogen-bond acceptors (Lipinski definition) is 11. The lowest BCUT2D eigenvalue weighted by molar-refractivity contribution is -0.140. The molecular formula is C38H41F2N7O7S2. The number of pyridine rings is 1. The number of thiazole rings is 1. The van der Waals surface area contributed by atoms with E-state index in [0.29, 0.717) is 59.8 Å². The fraction of sp³-hybridized carbons (Fsp3) is 0.474. The maximum absolute atomic E-state index is 14.6. The summed E-state index contributed by atoms with van der Waals surface area (Å²) in [5, 5.41) is 7.55. The van der Waals surface area contributed by atoms with Gasteiger partial charge in [0.25, 0.3) is 5.91 Å². The van der Waals surface area contributed by atoms with Crippen LogP contribution in [0.2, 0.25) is 0 Å². The minimum absolute atomic E-state index is 0.00562. The van der Waals surface area contributed by atoms with Crippen LogP contribution in [0.1, 0.15) is 68.9 Å². The third-order valence-corrected chi connectivity index (χ3v) is 13.7. The number of amides is 4. The van der Waals surface area contributed by atoms with E-state index in [4.69, 9.17) is 4.74 Å². The van der Waals surface area contributed by atoms with Crippen molar-refractivity contribution in [3.8, 4) is 11.4 Å². The first-order valence-electron chi connectivity index (χ1n) is 18.8. The highest BCUT2D eigenvalue weighted by molar-refractivity contribution is 7.91. The van der Waals surface area contributed by atoms with Crippen molar-refractivity contribution in [2.45, 2.75) is 99.9 Å². The molecule has 0 radical (unpaired) electrons. The lowest BCUT2D eigenvalue weighted by Crippen LogP contribution is -2.57. The van der Waals surface area contributed by atoms with Gasteiger partial charge in [-0.3, -0.25) is 29.0 Å². The molecule has 5 heterocycles. The van der Waals surface area contributed by atoms with Crippen LogP contribution >= 0.6 is 11.3 Å². The van der Waals surface area contributed by atoms with Crippen LogP contribution < -0.4 is 15.4 Å². The van der Waals surface area contributed by atoms with Crippen LogP contribution in [0.5, 0.6) is 0 Å². The van der Waals surface area contributed by atoms with Crippen molar-refractivity contribution in [2.75, 3.05) is 11.9 Å². The average Bonchev–Trinajstić information content (AvgIpc) is 3.97. The van der Waals surface area contributed by atoms with E-state index in [1.165, 1.54) is 39.3 Å². The number of rotatable bonds is 7. The van der Waals surface area contributed by atoms with Gasteiger partial charge < -0.3 is 20.3 Å². The number of hydrogen-bond donors (Lipinski definition) is 3. The SMILES string of the molecule is O=C1N[C@]2(C(=O)NS(=O)(=O)C3CC3)C[C@@H]2/C=C\CCCCC[C@H](Nc2nc(-c3ccc(F)cn3)cs2)C(=O)N2C[C@H](OC(=O)N3Cc4cccc(F)c4C3)C[C@@H]12. The Morgan fingerprint density at radius 2 is 1.88 bits per heavy atom. The predicted molar refractivity (Wildman–Crippen MR) is 200 cm³/mol. The summed E-state index contributed by atoms with van der Waals surface area (Å²) in [7, 11) is -3.92. The van der Waals surface area contributed by atoms with Crippen molar-refractivity contribution in [1.29, 1.82) is 0 Å². The summed E-state index contributed by atoms with van der Waals surface area (Å²) in [6.07, 6.45) is 7.46. The average molecular weight is 810 g/mol. The Kier molecular flexibility index (Phi) is 10.3. The van der Waals surface area contributed by atoms with Gasteiger partial charge in [-0.15, -0.1) is 11.3 Å². The molecule has 2 saturated carbocycles. The molecule has 3 aromatic rings. The summed E-state index contributed by atoms with van der Waals surface area (Å²) >= 11 is 1.24. The summed E-state index contributed by atoms with van der Waals surface area (Å²) < 4.78 is 61.7. The number of halogens is 2. The molecule has 2 aliphatic carbocycles. The van der Waals surface area contributed by atoms with E-state index in [2.05, 4.69) is 25.3 Å². The van der Waals surface area contributed by atoms with Crippen LogP contribution in [-0.4, -0.2) is 87.5 Å². The molecule has 5 aliphatic rings. The van der Waals surface area contributed by atoms with Gasteiger partial charge in [0.2, 0.25) is 21.8 Å². The second-order valence-corrected chi connectivity index (χ2v) is 17.9. The molecule has 2 aromatic heterocycles. The number of allylic oxidation sites excluding steroid dienone is 1. The van der Waals surface area contributed by atoms with Crippen molar-refractivity contribution >= 4 is 50.3 Å². The Morgan fingerprint density at radius 1 is 1.04 bits per heavy atom. The number of anilines is 1. The lowest BCUT2D eigenvalue weighted by Gasteiger charge is -2.29. The third-order valence-electron chi connectivity index (χ3n) is 11.1. The van der Waals surface area contributed by atoms with E-state index < -0.39 is 80.4 Å². The van der Waals surface area contributed by atoms with Crippen molar-refractivity contribution in [2.24, 2.45) is 5.92 Å². The van der Waals surface area contributed by atoms with Crippen LogP contribution in [0.3, 0.4) is 0 Å². The molecule has 0 unspecified atom stereocenters. The highest BCUT2D eigenvalue weighted by Crippen LogP contribution is 2.46. The number of nitrogens with one attached hydrogen (secondary N) is 3. The zero-order valence-electron chi connectivity index (χ0n) is 30.3. The third kappa shape index (κ3) is 7.85. The molecule has 18 heteroatoms. The number of carbonyl (C=O) groups is 4. The topological polar surface area (TPSA) is 180 Å². The van der Waals surface area contributed by atoms with Gasteiger partial charge in [-0.05, 0) is 62.3 Å². The van der Waals surface area contributed by atoms with E-state index in [0.717, 1.165) is 19.0 Å². The maximum Gasteiger partial charge on any atom is 0.410 e. The highest BCUT2D eigenvalue weighted by Gasteiger charge is 2.62. The summed E-state index contributed by atoms with van der Waals surface area (Å²) in [5.74, 6) is -3.35. The maximum atomic E-state index is 14.6. The van der Waals surface area contributed by atoms with Crippen molar-refractivity contribution < 1.29 is 41.1 Å². The van der Waals surface area contributed by atoms with E-state index in [1.54, 1.807) is 17.5 Å². The first-order valence-corrected chi connectivity index (χ1v) is 21.2. The Bertz CT molecular complexity index is 2180. The number of aromatic nitrogens is 2. The van der Waals surface area contributed by atoms with Gasteiger partial charge in [0, 0.05) is 29.8 Å². The quantitative estimate of drug-likeness (QED) is 0.290. The number of carbonyl (C=O) groups excluding carboxylic acids is 4. The molecule has 8 rings (SSSR count). The Morgan fingerprint density at radius 3 is 2.64 bits per heavy atom. The number of benzene rings is 1. The van der Waals surface area contributed by atoms with Crippen LogP contribution in [-0.2, 0) is 42.2 Å². The molecule has 3 N–H and O–H groups in total. The molecule has 1 saturated heterocycles. The Labute approximate surface area is 326 Å². The second-order valence-electron chi connectivity index (χ2n) is 15.1. The number of nitrogens with zero attached hydrogens (tertiary/aromatic N) is 4. The smallest absolute Gasteiger partial charge is 0.410 e. The summed E-state index contributed by atoms with van der Waals surface area (Å²) in [6.45, 7) is -0.000395. The fourth-order valence-electron chi connectivity index (χ4n) is 7.71. The second kappa shape index (κ2) is 15.2. The van der Waals surface area contributed by atoms with E-state index in [-0.39, 0.29) is 32.5 Å². The lowest BCUT2D eigenvalue weighted by atomic mass is 10.1. The summed E-state index contributed by atoms with van der Waals surface area (Å²) in [6, 6.07) is 5.37. The molecular weight excluding hydrogens is 769 g/mol. The molecule has 56 heavy (non-hydrogen) atoms. The van der Waals surface area contributed by atoms with E-state index in [9.17, 15) is 36.4 Å². The summed E-state index contributed by atoms with van der Waals surface area (Å²) in [5.41, 5.74) is 0.435. The monoisotopic (exact) mass is 809 g/mol. The predicted octanol–water partition coefficient (Wildman–Crippen LogP) is 4.39. The fourth-order valence-corrected chi connectivity index (χ4v) is 9.83. The normalized spacial score (nSPS) is 27.2. The molecule has 1 aromatic carbocycles. The Balaban J connectivity index is 1.06. The van der Waals surface area contributed by atoms with Gasteiger partial charge in [0.05, 0.1) is 30.2 Å². The first-order chi connectivity index (χ1) is 26.9. The molecule has 3 aliphatic heterocycles. The minimum atomic E-state index is -3.92. The number of ether oxygens (including phenoxy) is 1. The van der Waals surface area contributed by atoms with E-state index in [1.807, 2.05) is 12.2 Å². The number of fused-ring (bicyclic) bond motifs is 3. The van der Waals surface area contributed by atoms with Gasteiger partial charge in [-0.1, -0.05) is 37.1 Å². The number of sulfonamides is 1. The van der Waals surface area contributed by atoms with Gasteiger partial charge >= 0.3 is 6.09 Å².